The lowest BCUT2D eigenvalue weighted by molar-refractivity contribution is -0.137. The summed E-state index contributed by atoms with van der Waals surface area (Å²) in [5, 5.41) is 10.8. The number of fused-ring (bicyclic) bond motifs is 1. The Morgan fingerprint density at radius 3 is 2.44 bits per heavy atom. The molecule has 2 fully saturated rings. The van der Waals surface area contributed by atoms with E-state index in [1.807, 2.05) is 4.57 Å². The number of aromatic amines is 1. The van der Waals surface area contributed by atoms with E-state index in [1.165, 1.54) is 37.8 Å². The van der Waals surface area contributed by atoms with Gasteiger partial charge in [-0.05, 0) is 62.1 Å². The molecule has 2 aliphatic carbocycles. The van der Waals surface area contributed by atoms with E-state index in [0.717, 1.165) is 44.4 Å². The Hall–Kier alpha value is -3.90. The van der Waals surface area contributed by atoms with Crippen molar-refractivity contribution >= 4 is 22.9 Å². The van der Waals surface area contributed by atoms with Crippen molar-refractivity contribution in [2.45, 2.75) is 77.1 Å². The summed E-state index contributed by atoms with van der Waals surface area (Å²) in [6, 6.07) is 5.27. The van der Waals surface area contributed by atoms with Crippen LogP contribution in [-0.4, -0.2) is 42.2 Å². The fourth-order valence-corrected chi connectivity index (χ4v) is 5.74. The summed E-state index contributed by atoms with van der Waals surface area (Å²) in [5.41, 5.74) is 0.983. The van der Waals surface area contributed by atoms with E-state index in [-0.39, 0.29) is 24.2 Å². The molecule has 0 saturated heterocycles. The minimum atomic E-state index is -4.41. The van der Waals surface area contributed by atoms with Crippen LogP contribution in [0.5, 0.6) is 0 Å². The van der Waals surface area contributed by atoms with Gasteiger partial charge in [0, 0.05) is 12.6 Å². The van der Waals surface area contributed by atoms with Gasteiger partial charge in [0.25, 0.3) is 0 Å². The van der Waals surface area contributed by atoms with Crippen molar-refractivity contribution < 1.29 is 17.7 Å². The van der Waals surface area contributed by atoms with Crippen molar-refractivity contribution in [2.75, 3.05) is 17.2 Å². The third kappa shape index (κ3) is 5.94. The number of imidazole rings is 1. The van der Waals surface area contributed by atoms with Gasteiger partial charge in [-0.3, -0.25) is 9.51 Å². The molecule has 0 amide bonds. The maximum Gasteiger partial charge on any atom is 0.439 e. The minimum Gasteiger partial charge on any atom is -0.365 e. The van der Waals surface area contributed by atoms with Gasteiger partial charge in [0.15, 0.2) is 11.5 Å². The lowest BCUT2D eigenvalue weighted by Gasteiger charge is -2.32. The molecule has 0 bridgehead atoms. The van der Waals surface area contributed by atoms with E-state index < -0.39 is 17.5 Å². The second-order valence-electron chi connectivity index (χ2n) is 11.2. The number of benzene rings is 1. The normalized spacial score (nSPS) is 17.5. The molecule has 41 heavy (non-hydrogen) atoms. The van der Waals surface area contributed by atoms with E-state index in [4.69, 9.17) is 9.97 Å². The van der Waals surface area contributed by atoms with Crippen LogP contribution >= 0.6 is 0 Å². The second kappa shape index (κ2) is 11.2. The topological polar surface area (TPSA) is 127 Å². The first-order valence-corrected chi connectivity index (χ1v) is 14.3. The second-order valence-corrected chi connectivity index (χ2v) is 11.2. The summed E-state index contributed by atoms with van der Waals surface area (Å²) in [7, 11) is 0. The van der Waals surface area contributed by atoms with Crippen LogP contribution in [-0.2, 0) is 12.7 Å². The van der Waals surface area contributed by atoms with E-state index in [9.17, 15) is 18.0 Å². The number of nitrogens with one attached hydrogen (secondary N) is 3. The predicted octanol–water partition coefficient (Wildman–Crippen LogP) is 5.83. The molecule has 6 rings (SSSR count). The number of hydrogen-bond acceptors (Lipinski definition) is 8. The first-order valence-electron chi connectivity index (χ1n) is 14.3. The molecule has 2 saturated carbocycles. The standard InChI is InChI=1S/C28H33F3N8O2/c1-16(19-8-5-9-19)33-22-21-23(35-24(34-22)25-37-27(40)41-38-25)36-26(32-14-17-6-3-2-4-7-17)39(21)15-18-10-12-20(13-11-18)28(29,30)31/h10-13,16-17,19H,2-9,14-15H2,1H3,(H,37,38,40)(H2,32,33,34,35,36)/t16-/m1/s1. The summed E-state index contributed by atoms with van der Waals surface area (Å²) >= 11 is 0. The monoisotopic (exact) mass is 570 g/mol. The van der Waals surface area contributed by atoms with Crippen molar-refractivity contribution in [3.05, 3.63) is 45.9 Å². The molecular formula is C28H33F3N8O2. The number of rotatable bonds is 9. The van der Waals surface area contributed by atoms with Crippen molar-refractivity contribution in [2.24, 2.45) is 11.8 Å². The van der Waals surface area contributed by atoms with Crippen LogP contribution in [0.4, 0.5) is 24.9 Å². The number of nitrogens with zero attached hydrogens (tertiary/aromatic N) is 5. The van der Waals surface area contributed by atoms with Gasteiger partial charge in [0.05, 0.1) is 12.1 Å². The van der Waals surface area contributed by atoms with Gasteiger partial charge in [-0.1, -0.05) is 43.0 Å². The Morgan fingerprint density at radius 1 is 1.05 bits per heavy atom. The zero-order valence-corrected chi connectivity index (χ0v) is 22.8. The van der Waals surface area contributed by atoms with Gasteiger partial charge >= 0.3 is 11.9 Å². The fraction of sp³-hybridized carbons (Fsp3) is 0.536. The lowest BCUT2D eigenvalue weighted by atomic mass is 9.80. The van der Waals surface area contributed by atoms with Gasteiger partial charge in [-0.15, -0.1) is 0 Å². The lowest BCUT2D eigenvalue weighted by Crippen LogP contribution is -2.31. The van der Waals surface area contributed by atoms with Gasteiger partial charge < -0.3 is 15.2 Å². The highest BCUT2D eigenvalue weighted by atomic mass is 19.4. The molecule has 0 unspecified atom stereocenters. The third-order valence-corrected chi connectivity index (χ3v) is 8.37. The molecular weight excluding hydrogens is 537 g/mol. The van der Waals surface area contributed by atoms with Gasteiger partial charge in [0.1, 0.15) is 5.52 Å². The molecule has 3 heterocycles. The van der Waals surface area contributed by atoms with Crippen molar-refractivity contribution in [1.82, 2.24) is 29.7 Å². The number of halogens is 3. The van der Waals surface area contributed by atoms with Crippen LogP contribution in [0.3, 0.4) is 0 Å². The maximum absolute atomic E-state index is 13.2. The van der Waals surface area contributed by atoms with Crippen molar-refractivity contribution in [1.29, 1.82) is 0 Å². The molecule has 13 heteroatoms. The number of H-pyrrole nitrogens is 1. The van der Waals surface area contributed by atoms with E-state index in [2.05, 4.69) is 37.2 Å². The predicted molar refractivity (Wildman–Crippen MR) is 147 cm³/mol. The number of aromatic nitrogens is 6. The van der Waals surface area contributed by atoms with Gasteiger partial charge in [-0.25, -0.2) is 14.8 Å². The minimum absolute atomic E-state index is 0.0882. The number of alkyl halides is 3. The zero-order valence-electron chi connectivity index (χ0n) is 22.8. The van der Waals surface area contributed by atoms with Crippen LogP contribution in [0.1, 0.15) is 69.4 Å². The van der Waals surface area contributed by atoms with E-state index >= 15 is 0 Å². The molecule has 1 aromatic carbocycles. The summed E-state index contributed by atoms with van der Waals surface area (Å²) in [6.45, 7) is 3.10. The molecule has 1 atom stereocenters. The number of anilines is 2. The fourth-order valence-electron chi connectivity index (χ4n) is 5.74. The average molecular weight is 571 g/mol. The van der Waals surface area contributed by atoms with E-state index in [1.54, 1.807) is 0 Å². The molecule has 3 N–H and O–H groups in total. The highest BCUT2D eigenvalue weighted by Crippen LogP contribution is 2.34. The van der Waals surface area contributed by atoms with Crippen LogP contribution in [0.2, 0.25) is 0 Å². The third-order valence-electron chi connectivity index (χ3n) is 8.37. The Labute approximate surface area is 234 Å². The molecule has 0 radical (unpaired) electrons. The Morgan fingerprint density at radius 2 is 1.80 bits per heavy atom. The molecule has 218 valence electrons. The summed E-state index contributed by atoms with van der Waals surface area (Å²) in [6.07, 6.45) is 4.94. The van der Waals surface area contributed by atoms with Crippen LogP contribution in [0, 0.1) is 11.8 Å². The van der Waals surface area contributed by atoms with Crippen molar-refractivity contribution in [3.63, 3.8) is 0 Å². The Bertz CT molecular complexity index is 1550. The Balaban J connectivity index is 1.43. The van der Waals surface area contributed by atoms with Crippen LogP contribution in [0.15, 0.2) is 33.6 Å². The molecule has 0 spiro atoms. The van der Waals surface area contributed by atoms with E-state index in [0.29, 0.717) is 40.3 Å². The molecule has 3 aromatic heterocycles. The first kappa shape index (κ1) is 27.3. The largest absolute Gasteiger partial charge is 0.439 e. The molecule has 0 aliphatic heterocycles. The number of hydrogen-bond donors (Lipinski definition) is 3. The highest BCUT2D eigenvalue weighted by molar-refractivity contribution is 5.87. The zero-order chi connectivity index (χ0) is 28.6. The highest BCUT2D eigenvalue weighted by Gasteiger charge is 2.30. The van der Waals surface area contributed by atoms with Crippen LogP contribution in [0.25, 0.3) is 22.8 Å². The molecule has 2 aliphatic rings. The quantitative estimate of drug-likeness (QED) is 0.230. The summed E-state index contributed by atoms with van der Waals surface area (Å²) in [5.74, 6) is 1.61. The van der Waals surface area contributed by atoms with Crippen LogP contribution < -0.4 is 16.4 Å². The summed E-state index contributed by atoms with van der Waals surface area (Å²) in [4.78, 5) is 28.3. The van der Waals surface area contributed by atoms with Crippen molar-refractivity contribution in [3.8, 4) is 11.6 Å². The van der Waals surface area contributed by atoms with Gasteiger partial charge in [-0.2, -0.15) is 18.2 Å². The smallest absolute Gasteiger partial charge is 0.365 e. The maximum atomic E-state index is 13.2. The molecule has 10 nitrogen and oxygen atoms in total. The SMILES string of the molecule is C[C@@H](Nc1nc(-c2noc(=O)[nH]2)nc2nc(NCC3CCCCC3)n(Cc3ccc(C(F)(F)F)cc3)c12)C1CCC1. The summed E-state index contributed by atoms with van der Waals surface area (Å²) < 4.78 is 46.3. The average Bonchev–Trinajstić information content (AvgIpc) is 3.50. The van der Waals surface area contributed by atoms with Gasteiger partial charge in [0.2, 0.25) is 17.6 Å². The first-order chi connectivity index (χ1) is 19.7. The molecule has 4 aromatic rings. The Kier molecular flexibility index (Phi) is 7.43.